The fourth-order valence-corrected chi connectivity index (χ4v) is 3.72. The Bertz CT molecular complexity index is 858. The first-order chi connectivity index (χ1) is 11.9. The SMILES string of the molecule is CN1CCN(c2ccc(S(=O)(=O)c3ccc(C(N)=O)nc3)cn2)CC1. The number of carbonyl (C=O) groups is 1. The molecule has 2 aromatic heterocycles. The number of likely N-dealkylation sites (N-methyl/N-ethyl adjacent to an activating group) is 1. The second-order valence-electron chi connectivity index (χ2n) is 5.89. The molecule has 1 aliphatic heterocycles. The Balaban J connectivity index is 1.82. The first-order valence-electron chi connectivity index (χ1n) is 7.78. The molecule has 1 saturated heterocycles. The van der Waals surface area contributed by atoms with E-state index in [0.29, 0.717) is 0 Å². The Morgan fingerprint density at radius 2 is 1.60 bits per heavy atom. The maximum Gasteiger partial charge on any atom is 0.267 e. The van der Waals surface area contributed by atoms with Crippen molar-refractivity contribution in [1.82, 2.24) is 14.9 Å². The van der Waals surface area contributed by atoms with Gasteiger partial charge in [0.05, 0.1) is 9.79 Å². The van der Waals surface area contributed by atoms with E-state index in [9.17, 15) is 13.2 Å². The smallest absolute Gasteiger partial charge is 0.267 e. The van der Waals surface area contributed by atoms with Crippen molar-refractivity contribution in [2.24, 2.45) is 5.73 Å². The molecule has 0 aromatic carbocycles. The van der Waals surface area contributed by atoms with Crippen LogP contribution in [0.3, 0.4) is 0 Å². The minimum absolute atomic E-state index is 0.00773. The molecule has 0 unspecified atom stereocenters. The van der Waals surface area contributed by atoms with Crippen LogP contribution in [0, 0.1) is 0 Å². The Hall–Kier alpha value is -2.52. The van der Waals surface area contributed by atoms with Gasteiger partial charge in [-0.05, 0) is 31.3 Å². The van der Waals surface area contributed by atoms with Crippen LogP contribution in [0.2, 0.25) is 0 Å². The van der Waals surface area contributed by atoms with Crippen LogP contribution in [0.25, 0.3) is 0 Å². The van der Waals surface area contributed by atoms with E-state index in [-0.39, 0.29) is 15.5 Å². The van der Waals surface area contributed by atoms with Crippen molar-refractivity contribution < 1.29 is 13.2 Å². The summed E-state index contributed by atoms with van der Waals surface area (Å²) in [5.74, 6) is 0.0522. The van der Waals surface area contributed by atoms with Crippen LogP contribution in [-0.4, -0.2) is 62.4 Å². The van der Waals surface area contributed by atoms with Gasteiger partial charge in [0.15, 0.2) is 0 Å². The Kier molecular flexibility index (Phi) is 4.69. The highest BCUT2D eigenvalue weighted by molar-refractivity contribution is 7.91. The number of amides is 1. The highest BCUT2D eigenvalue weighted by Gasteiger charge is 2.21. The molecule has 1 amide bonds. The average molecular weight is 361 g/mol. The fourth-order valence-electron chi connectivity index (χ4n) is 2.58. The number of piperazine rings is 1. The van der Waals surface area contributed by atoms with Gasteiger partial charge in [0.2, 0.25) is 9.84 Å². The van der Waals surface area contributed by atoms with Crippen molar-refractivity contribution in [1.29, 1.82) is 0 Å². The molecule has 2 aromatic rings. The summed E-state index contributed by atoms with van der Waals surface area (Å²) >= 11 is 0. The molecule has 132 valence electrons. The normalized spacial score (nSPS) is 16.0. The topological polar surface area (TPSA) is 109 Å². The van der Waals surface area contributed by atoms with E-state index in [2.05, 4.69) is 26.8 Å². The van der Waals surface area contributed by atoms with E-state index in [1.54, 1.807) is 6.07 Å². The molecule has 0 bridgehead atoms. The van der Waals surface area contributed by atoms with E-state index < -0.39 is 15.7 Å². The van der Waals surface area contributed by atoms with E-state index >= 15 is 0 Å². The number of carbonyl (C=O) groups excluding carboxylic acids is 1. The van der Waals surface area contributed by atoms with Crippen LogP contribution >= 0.6 is 0 Å². The maximum absolute atomic E-state index is 12.6. The van der Waals surface area contributed by atoms with Crippen molar-refractivity contribution in [2.75, 3.05) is 38.1 Å². The highest BCUT2D eigenvalue weighted by Crippen LogP contribution is 2.22. The van der Waals surface area contributed by atoms with Gasteiger partial charge in [-0.3, -0.25) is 4.79 Å². The van der Waals surface area contributed by atoms with Crippen LogP contribution in [0.5, 0.6) is 0 Å². The molecular formula is C16H19N5O3S. The lowest BCUT2D eigenvalue weighted by Gasteiger charge is -2.33. The van der Waals surface area contributed by atoms with E-state index in [1.165, 1.54) is 24.4 Å². The number of nitrogens with zero attached hydrogens (tertiary/aromatic N) is 4. The van der Waals surface area contributed by atoms with Gasteiger partial charge in [-0.15, -0.1) is 0 Å². The van der Waals surface area contributed by atoms with Gasteiger partial charge in [0.1, 0.15) is 11.5 Å². The number of hydrogen-bond acceptors (Lipinski definition) is 7. The summed E-state index contributed by atoms with van der Waals surface area (Å²) in [6.45, 7) is 3.60. The summed E-state index contributed by atoms with van der Waals surface area (Å²) in [6.07, 6.45) is 2.48. The number of rotatable bonds is 4. The molecule has 3 rings (SSSR count). The monoisotopic (exact) mass is 361 g/mol. The third-order valence-corrected chi connectivity index (χ3v) is 5.88. The molecule has 0 saturated carbocycles. The number of hydrogen-bond donors (Lipinski definition) is 1. The summed E-state index contributed by atoms with van der Waals surface area (Å²) < 4.78 is 25.3. The second kappa shape index (κ2) is 6.77. The third kappa shape index (κ3) is 3.62. The zero-order valence-corrected chi connectivity index (χ0v) is 14.6. The lowest BCUT2D eigenvalue weighted by molar-refractivity contribution is 0.0995. The van der Waals surface area contributed by atoms with Gasteiger partial charge >= 0.3 is 0 Å². The Morgan fingerprint density at radius 3 is 2.08 bits per heavy atom. The first kappa shape index (κ1) is 17.3. The summed E-state index contributed by atoms with van der Waals surface area (Å²) in [7, 11) is -1.67. The Morgan fingerprint density at radius 1 is 1.00 bits per heavy atom. The lowest BCUT2D eigenvalue weighted by Crippen LogP contribution is -2.44. The summed E-state index contributed by atoms with van der Waals surface area (Å²) in [6, 6.07) is 5.86. The number of pyridine rings is 2. The minimum Gasteiger partial charge on any atom is -0.364 e. The minimum atomic E-state index is -3.74. The fraction of sp³-hybridized carbons (Fsp3) is 0.312. The molecular weight excluding hydrogens is 342 g/mol. The number of primary amides is 1. The lowest BCUT2D eigenvalue weighted by atomic mass is 10.3. The van der Waals surface area contributed by atoms with Gasteiger partial charge in [-0.1, -0.05) is 0 Å². The van der Waals surface area contributed by atoms with Crippen molar-refractivity contribution >= 4 is 21.6 Å². The van der Waals surface area contributed by atoms with Crippen LogP contribution in [0.1, 0.15) is 10.5 Å². The van der Waals surface area contributed by atoms with E-state index in [1.807, 2.05) is 0 Å². The standard InChI is InChI=1S/C16H19N5O3S/c1-20-6-8-21(9-7-20)15-5-3-13(11-19-15)25(23,24)12-2-4-14(16(17)22)18-10-12/h2-5,10-11H,6-9H2,1H3,(H2,17,22). The predicted molar refractivity (Wildman–Crippen MR) is 92.2 cm³/mol. The van der Waals surface area contributed by atoms with Crippen molar-refractivity contribution in [3.63, 3.8) is 0 Å². The molecule has 1 aliphatic rings. The van der Waals surface area contributed by atoms with E-state index in [0.717, 1.165) is 38.2 Å². The Labute approximate surface area is 146 Å². The van der Waals surface area contributed by atoms with Crippen molar-refractivity contribution in [3.8, 4) is 0 Å². The van der Waals surface area contributed by atoms with Crippen LogP contribution < -0.4 is 10.6 Å². The average Bonchev–Trinajstić information content (AvgIpc) is 2.62. The molecule has 1 fully saturated rings. The number of sulfone groups is 1. The molecule has 3 heterocycles. The van der Waals surface area contributed by atoms with Gasteiger partial charge in [-0.25, -0.2) is 18.4 Å². The van der Waals surface area contributed by atoms with Crippen LogP contribution in [0.4, 0.5) is 5.82 Å². The number of nitrogens with two attached hydrogens (primary N) is 1. The van der Waals surface area contributed by atoms with Gasteiger partial charge < -0.3 is 15.5 Å². The summed E-state index contributed by atoms with van der Waals surface area (Å²) in [5, 5.41) is 0. The third-order valence-electron chi connectivity index (χ3n) is 4.16. The van der Waals surface area contributed by atoms with Crippen molar-refractivity contribution in [2.45, 2.75) is 9.79 Å². The molecule has 0 aliphatic carbocycles. The summed E-state index contributed by atoms with van der Waals surface area (Å²) in [5.41, 5.74) is 5.13. The zero-order chi connectivity index (χ0) is 18.0. The van der Waals surface area contributed by atoms with Gasteiger partial charge in [0, 0.05) is 38.6 Å². The largest absolute Gasteiger partial charge is 0.364 e. The van der Waals surface area contributed by atoms with Gasteiger partial charge in [0.25, 0.3) is 5.91 Å². The van der Waals surface area contributed by atoms with Gasteiger partial charge in [-0.2, -0.15) is 0 Å². The zero-order valence-electron chi connectivity index (χ0n) is 13.8. The molecule has 9 heteroatoms. The predicted octanol–water partition coefficient (Wildman–Crippen LogP) is 0.160. The maximum atomic E-state index is 12.6. The van der Waals surface area contributed by atoms with Crippen LogP contribution in [-0.2, 0) is 9.84 Å². The molecule has 0 radical (unpaired) electrons. The molecule has 25 heavy (non-hydrogen) atoms. The highest BCUT2D eigenvalue weighted by atomic mass is 32.2. The second-order valence-corrected chi connectivity index (χ2v) is 7.84. The first-order valence-corrected chi connectivity index (χ1v) is 9.27. The molecule has 0 spiro atoms. The quantitative estimate of drug-likeness (QED) is 0.826. The number of anilines is 1. The molecule has 8 nitrogen and oxygen atoms in total. The summed E-state index contributed by atoms with van der Waals surface area (Å²) in [4.78, 5) is 23.5. The van der Waals surface area contributed by atoms with E-state index in [4.69, 9.17) is 5.73 Å². The molecule has 0 atom stereocenters. The van der Waals surface area contributed by atoms with Crippen LogP contribution in [0.15, 0.2) is 46.5 Å². The molecule has 2 N–H and O–H groups in total. The number of aromatic nitrogens is 2. The van der Waals surface area contributed by atoms with Crippen molar-refractivity contribution in [3.05, 3.63) is 42.4 Å².